The second-order valence-corrected chi connectivity index (χ2v) is 13.7. The maximum absolute atomic E-state index is 2.44. The van der Waals surface area contributed by atoms with E-state index in [2.05, 4.69) is 172 Å². The van der Waals surface area contributed by atoms with Gasteiger partial charge >= 0.3 is 0 Å². The van der Waals surface area contributed by atoms with E-state index >= 15 is 0 Å². The molecular weight excluding hydrogens is 565 g/mol. The van der Waals surface area contributed by atoms with Crippen LogP contribution in [0.1, 0.15) is 25.0 Å². The lowest BCUT2D eigenvalue weighted by Crippen LogP contribution is -2.15. The van der Waals surface area contributed by atoms with Gasteiger partial charge in [-0.15, -0.1) is 0 Å². The van der Waals surface area contributed by atoms with E-state index < -0.39 is 0 Å². The molecule has 0 aliphatic heterocycles. The monoisotopic (exact) mass is 596 g/mol. The molecule has 0 atom stereocenters. The lowest BCUT2D eigenvalue weighted by atomic mass is 9.80. The minimum Gasteiger partial charge on any atom is -0.0616 e. The summed E-state index contributed by atoms with van der Waals surface area (Å²) in [6.07, 6.45) is 0. The minimum absolute atomic E-state index is 0.0675. The van der Waals surface area contributed by atoms with E-state index in [9.17, 15) is 0 Å². The Labute approximate surface area is 274 Å². The topological polar surface area (TPSA) is 0 Å². The highest BCUT2D eigenvalue weighted by Crippen LogP contribution is 2.51. The molecule has 0 N–H and O–H groups in total. The molecule has 47 heavy (non-hydrogen) atoms. The van der Waals surface area contributed by atoms with Gasteiger partial charge in [0.1, 0.15) is 0 Å². The van der Waals surface area contributed by atoms with Crippen LogP contribution in [0.25, 0.3) is 87.6 Å². The molecule has 0 fully saturated rings. The zero-order chi connectivity index (χ0) is 31.3. The summed E-state index contributed by atoms with van der Waals surface area (Å²) >= 11 is 0. The maximum Gasteiger partial charge on any atom is 0.0159 e. The van der Waals surface area contributed by atoms with Crippen molar-refractivity contribution in [1.29, 1.82) is 0 Å². The van der Waals surface area contributed by atoms with Crippen molar-refractivity contribution < 1.29 is 0 Å². The number of hydrogen-bond acceptors (Lipinski definition) is 0. The van der Waals surface area contributed by atoms with Gasteiger partial charge in [0.15, 0.2) is 0 Å². The Kier molecular flexibility index (Phi) is 5.44. The zero-order valence-electron chi connectivity index (χ0n) is 26.5. The van der Waals surface area contributed by atoms with Crippen LogP contribution in [-0.2, 0) is 5.41 Å². The van der Waals surface area contributed by atoms with Crippen LogP contribution in [0, 0.1) is 0 Å². The van der Waals surface area contributed by atoms with E-state index in [1.165, 1.54) is 98.7 Å². The Balaban J connectivity index is 1.06. The average molecular weight is 597 g/mol. The summed E-state index contributed by atoms with van der Waals surface area (Å²) < 4.78 is 0. The molecule has 10 rings (SSSR count). The molecule has 0 heterocycles. The van der Waals surface area contributed by atoms with Crippen LogP contribution in [0.15, 0.2) is 158 Å². The highest BCUT2D eigenvalue weighted by molar-refractivity contribution is 6.25. The third kappa shape index (κ3) is 3.82. The summed E-state index contributed by atoms with van der Waals surface area (Å²) in [4.78, 5) is 0. The van der Waals surface area contributed by atoms with Gasteiger partial charge in [-0.25, -0.2) is 0 Å². The predicted octanol–water partition coefficient (Wildman–Crippen LogP) is 13.0. The van der Waals surface area contributed by atoms with Crippen molar-refractivity contribution in [3.63, 3.8) is 0 Å². The molecule has 0 saturated heterocycles. The SMILES string of the molecule is CC1(C)c2cc(-c3ccccc3-c3ccc(-c4ccc5ccc6cccc7ccc4c5c67)cc3)ccc2-c2cc3ccccc3cc21. The highest BCUT2D eigenvalue weighted by atomic mass is 14.4. The fourth-order valence-corrected chi connectivity index (χ4v) is 8.39. The molecule has 0 aromatic heterocycles. The van der Waals surface area contributed by atoms with Crippen LogP contribution in [0.2, 0.25) is 0 Å². The lowest BCUT2D eigenvalue weighted by Gasteiger charge is -2.22. The van der Waals surface area contributed by atoms with Crippen molar-refractivity contribution in [3.8, 4) is 44.5 Å². The smallest absolute Gasteiger partial charge is 0.0159 e. The maximum atomic E-state index is 2.44. The molecule has 1 aliphatic carbocycles. The molecule has 1 aliphatic rings. The van der Waals surface area contributed by atoms with Gasteiger partial charge < -0.3 is 0 Å². The quantitative estimate of drug-likeness (QED) is 0.178. The summed E-state index contributed by atoms with van der Waals surface area (Å²) in [5.41, 5.74) is 13.0. The molecule has 0 saturated carbocycles. The van der Waals surface area contributed by atoms with Crippen LogP contribution < -0.4 is 0 Å². The average Bonchev–Trinajstić information content (AvgIpc) is 3.34. The number of fused-ring (bicyclic) bond motifs is 4. The van der Waals surface area contributed by atoms with Crippen LogP contribution >= 0.6 is 0 Å². The molecule has 0 unspecified atom stereocenters. The molecule has 0 spiro atoms. The Bertz CT molecular complexity index is 2670. The molecule has 220 valence electrons. The summed E-state index contributed by atoms with van der Waals surface area (Å²) in [5, 5.41) is 10.6. The van der Waals surface area contributed by atoms with Crippen LogP contribution in [0.5, 0.6) is 0 Å². The summed E-state index contributed by atoms with van der Waals surface area (Å²) in [6, 6.07) is 58.9. The second kappa shape index (κ2) is 9.64. The molecular formula is C47H32. The first-order chi connectivity index (χ1) is 23.0. The zero-order valence-corrected chi connectivity index (χ0v) is 26.5. The van der Waals surface area contributed by atoms with Crippen molar-refractivity contribution in [1.82, 2.24) is 0 Å². The highest BCUT2D eigenvalue weighted by Gasteiger charge is 2.36. The van der Waals surface area contributed by atoms with Gasteiger partial charge in [-0.05, 0) is 117 Å². The molecule has 0 bridgehead atoms. The first-order valence-electron chi connectivity index (χ1n) is 16.6. The molecule has 0 amide bonds. The predicted molar refractivity (Wildman–Crippen MR) is 202 cm³/mol. The minimum atomic E-state index is -0.0675. The fraction of sp³-hybridized carbons (Fsp3) is 0.0638. The second-order valence-electron chi connectivity index (χ2n) is 13.7. The first-order valence-corrected chi connectivity index (χ1v) is 16.6. The summed E-state index contributed by atoms with van der Waals surface area (Å²) in [7, 11) is 0. The summed E-state index contributed by atoms with van der Waals surface area (Å²) in [5.74, 6) is 0. The Hall–Kier alpha value is -5.72. The lowest BCUT2D eigenvalue weighted by molar-refractivity contribution is 0.661. The van der Waals surface area contributed by atoms with Gasteiger partial charge in [-0.1, -0.05) is 153 Å². The van der Waals surface area contributed by atoms with E-state index in [4.69, 9.17) is 0 Å². The van der Waals surface area contributed by atoms with Crippen molar-refractivity contribution in [3.05, 3.63) is 169 Å². The van der Waals surface area contributed by atoms with E-state index in [0.717, 1.165) is 0 Å². The molecule has 9 aromatic rings. The number of rotatable bonds is 3. The van der Waals surface area contributed by atoms with E-state index in [-0.39, 0.29) is 5.41 Å². The van der Waals surface area contributed by atoms with Crippen molar-refractivity contribution in [2.24, 2.45) is 0 Å². The Morgan fingerprint density at radius 3 is 1.57 bits per heavy atom. The molecule has 0 heteroatoms. The van der Waals surface area contributed by atoms with Crippen LogP contribution in [-0.4, -0.2) is 0 Å². The van der Waals surface area contributed by atoms with Crippen molar-refractivity contribution in [2.75, 3.05) is 0 Å². The van der Waals surface area contributed by atoms with Gasteiger partial charge in [0.2, 0.25) is 0 Å². The number of hydrogen-bond donors (Lipinski definition) is 0. The Morgan fingerprint density at radius 1 is 0.319 bits per heavy atom. The largest absolute Gasteiger partial charge is 0.0616 e. The van der Waals surface area contributed by atoms with Crippen molar-refractivity contribution in [2.45, 2.75) is 19.3 Å². The van der Waals surface area contributed by atoms with E-state index in [1.54, 1.807) is 0 Å². The normalized spacial score (nSPS) is 13.5. The molecule has 0 nitrogen and oxygen atoms in total. The van der Waals surface area contributed by atoms with Crippen molar-refractivity contribution >= 4 is 43.1 Å². The van der Waals surface area contributed by atoms with Gasteiger partial charge in [0.25, 0.3) is 0 Å². The van der Waals surface area contributed by atoms with E-state index in [1.807, 2.05) is 0 Å². The van der Waals surface area contributed by atoms with E-state index in [0.29, 0.717) is 0 Å². The van der Waals surface area contributed by atoms with Gasteiger partial charge in [-0.3, -0.25) is 0 Å². The first kappa shape index (κ1) is 26.5. The van der Waals surface area contributed by atoms with Crippen LogP contribution in [0.4, 0.5) is 0 Å². The van der Waals surface area contributed by atoms with Gasteiger partial charge in [0.05, 0.1) is 0 Å². The number of benzene rings is 9. The van der Waals surface area contributed by atoms with Gasteiger partial charge in [0, 0.05) is 5.41 Å². The molecule has 9 aromatic carbocycles. The molecule has 0 radical (unpaired) electrons. The van der Waals surface area contributed by atoms with Crippen LogP contribution in [0.3, 0.4) is 0 Å². The summed E-state index contributed by atoms with van der Waals surface area (Å²) in [6.45, 7) is 4.75. The third-order valence-electron chi connectivity index (χ3n) is 10.8. The van der Waals surface area contributed by atoms with Gasteiger partial charge in [-0.2, -0.15) is 0 Å². The third-order valence-corrected chi connectivity index (χ3v) is 10.8. The fourth-order valence-electron chi connectivity index (χ4n) is 8.39. The Morgan fingerprint density at radius 2 is 0.830 bits per heavy atom. The standard InChI is InChI=1S/C47H32/c1-47(2)43-28-36(22-24-40(43)42-26-34-8-3-4-9-35(34)27-44(42)47)38-13-6-5-12-37(38)29-14-16-30(17-15-29)39-23-20-33-19-18-31-10-7-11-32-21-25-41(39)46(33)45(31)32/h3-28H,1-2H3.